The van der Waals surface area contributed by atoms with Crippen LogP contribution in [0.1, 0.15) is 25.7 Å². The van der Waals surface area contributed by atoms with E-state index in [0.717, 1.165) is 12.5 Å². The number of piperidine rings is 1. The molecule has 1 atom stereocenters. The largest absolute Gasteiger partial charge is 0.316 e. The summed E-state index contributed by atoms with van der Waals surface area (Å²) < 4.78 is 0. The van der Waals surface area contributed by atoms with E-state index in [2.05, 4.69) is 10.8 Å². The topological polar surface area (TPSA) is 33.3 Å². The molecule has 1 heterocycles. The molecule has 0 aromatic rings. The van der Waals surface area contributed by atoms with Gasteiger partial charge in [-0.25, -0.2) is 5.48 Å². The summed E-state index contributed by atoms with van der Waals surface area (Å²) in [7, 11) is 1.81. The lowest BCUT2D eigenvalue weighted by Crippen LogP contribution is -2.29. The van der Waals surface area contributed by atoms with Gasteiger partial charge >= 0.3 is 0 Å². The number of nitrogens with one attached hydrogen (secondary N) is 2. The zero-order valence-corrected chi connectivity index (χ0v) is 7.94. The predicted octanol–water partition coefficient (Wildman–Crippen LogP) is 0.917. The summed E-state index contributed by atoms with van der Waals surface area (Å²) >= 11 is 0. The molecule has 0 aliphatic carbocycles. The molecule has 2 N–H and O–H groups in total. The van der Waals surface area contributed by atoms with Gasteiger partial charge < -0.3 is 10.2 Å². The molecule has 1 unspecified atom stereocenters. The van der Waals surface area contributed by atoms with Crippen LogP contribution < -0.4 is 10.8 Å². The second-order valence-electron chi connectivity index (χ2n) is 3.41. The van der Waals surface area contributed by atoms with Crippen LogP contribution >= 0.6 is 0 Å². The standard InChI is InChI=1S/C9H20N2O/c1-10-12-7-3-5-9-4-2-6-11-8-9/h9-11H,2-8H2,1H3. The van der Waals surface area contributed by atoms with Gasteiger partial charge in [-0.1, -0.05) is 0 Å². The first-order valence-electron chi connectivity index (χ1n) is 4.92. The van der Waals surface area contributed by atoms with Crippen LogP contribution in [0.4, 0.5) is 0 Å². The molecule has 1 saturated heterocycles. The van der Waals surface area contributed by atoms with Gasteiger partial charge in [0.1, 0.15) is 0 Å². The molecule has 0 bridgehead atoms. The van der Waals surface area contributed by atoms with Crippen LogP contribution in [0.3, 0.4) is 0 Å². The number of rotatable bonds is 5. The molecular formula is C9H20N2O. The molecule has 0 radical (unpaired) electrons. The molecule has 0 amide bonds. The lowest BCUT2D eigenvalue weighted by molar-refractivity contribution is 0.0526. The SMILES string of the molecule is CNOCCCC1CCCNC1. The third kappa shape index (κ3) is 4.04. The van der Waals surface area contributed by atoms with Crippen LogP contribution in [0.25, 0.3) is 0 Å². The van der Waals surface area contributed by atoms with E-state index in [0.29, 0.717) is 0 Å². The Morgan fingerprint density at radius 1 is 1.58 bits per heavy atom. The Labute approximate surface area is 74.8 Å². The molecular weight excluding hydrogens is 152 g/mol. The molecule has 1 aliphatic heterocycles. The molecule has 12 heavy (non-hydrogen) atoms. The van der Waals surface area contributed by atoms with Crippen LogP contribution in [0, 0.1) is 5.92 Å². The highest BCUT2D eigenvalue weighted by Gasteiger charge is 2.11. The molecule has 1 fully saturated rings. The number of hydrogen-bond donors (Lipinski definition) is 2. The molecule has 0 spiro atoms. The van der Waals surface area contributed by atoms with Crippen LogP contribution in [-0.4, -0.2) is 26.7 Å². The molecule has 3 nitrogen and oxygen atoms in total. The Morgan fingerprint density at radius 3 is 3.17 bits per heavy atom. The number of hydrogen-bond acceptors (Lipinski definition) is 3. The van der Waals surface area contributed by atoms with Crippen LogP contribution in [0.5, 0.6) is 0 Å². The van der Waals surface area contributed by atoms with E-state index in [1.165, 1.54) is 38.8 Å². The first-order valence-corrected chi connectivity index (χ1v) is 4.92. The Morgan fingerprint density at radius 2 is 2.50 bits per heavy atom. The van der Waals surface area contributed by atoms with Crippen molar-refractivity contribution in [2.75, 3.05) is 26.7 Å². The van der Waals surface area contributed by atoms with Crippen LogP contribution in [-0.2, 0) is 4.84 Å². The van der Waals surface area contributed by atoms with Crippen LogP contribution in [0.2, 0.25) is 0 Å². The Kier molecular flexibility index (Phi) is 5.32. The minimum atomic E-state index is 0.840. The zero-order chi connectivity index (χ0) is 8.65. The van der Waals surface area contributed by atoms with Crippen molar-refractivity contribution in [3.05, 3.63) is 0 Å². The maximum atomic E-state index is 5.05. The van der Waals surface area contributed by atoms with E-state index in [-0.39, 0.29) is 0 Å². The van der Waals surface area contributed by atoms with Crippen molar-refractivity contribution in [1.29, 1.82) is 0 Å². The van der Waals surface area contributed by atoms with Gasteiger partial charge in [-0.3, -0.25) is 0 Å². The molecule has 1 aliphatic rings. The fraction of sp³-hybridized carbons (Fsp3) is 1.00. The van der Waals surface area contributed by atoms with Gasteiger partial charge in [-0.15, -0.1) is 0 Å². The van der Waals surface area contributed by atoms with Crippen molar-refractivity contribution >= 4 is 0 Å². The fourth-order valence-corrected chi connectivity index (χ4v) is 1.72. The summed E-state index contributed by atoms with van der Waals surface area (Å²) in [6.45, 7) is 3.26. The molecule has 0 aromatic heterocycles. The Hall–Kier alpha value is -0.120. The average Bonchev–Trinajstić information content (AvgIpc) is 2.14. The minimum absolute atomic E-state index is 0.840. The fourth-order valence-electron chi connectivity index (χ4n) is 1.72. The third-order valence-corrected chi connectivity index (χ3v) is 2.40. The van der Waals surface area contributed by atoms with Gasteiger partial charge in [0.15, 0.2) is 0 Å². The average molecular weight is 172 g/mol. The van der Waals surface area contributed by atoms with Gasteiger partial charge in [0, 0.05) is 7.05 Å². The van der Waals surface area contributed by atoms with Crippen LogP contribution in [0.15, 0.2) is 0 Å². The summed E-state index contributed by atoms with van der Waals surface area (Å²) in [6.07, 6.45) is 5.21. The lowest BCUT2D eigenvalue weighted by atomic mass is 9.95. The maximum absolute atomic E-state index is 5.05. The predicted molar refractivity (Wildman–Crippen MR) is 49.8 cm³/mol. The first kappa shape index (κ1) is 9.96. The highest BCUT2D eigenvalue weighted by atomic mass is 16.6. The summed E-state index contributed by atoms with van der Waals surface area (Å²) in [5.41, 5.74) is 2.69. The van der Waals surface area contributed by atoms with E-state index in [1.807, 2.05) is 7.05 Å². The maximum Gasteiger partial charge on any atom is 0.0682 e. The van der Waals surface area contributed by atoms with E-state index in [4.69, 9.17) is 4.84 Å². The van der Waals surface area contributed by atoms with E-state index < -0.39 is 0 Å². The smallest absolute Gasteiger partial charge is 0.0682 e. The van der Waals surface area contributed by atoms with Gasteiger partial charge in [-0.2, -0.15) is 0 Å². The van der Waals surface area contributed by atoms with Gasteiger partial charge in [-0.05, 0) is 44.7 Å². The highest BCUT2D eigenvalue weighted by molar-refractivity contribution is 4.68. The Bertz CT molecular complexity index is 103. The van der Waals surface area contributed by atoms with E-state index in [9.17, 15) is 0 Å². The highest BCUT2D eigenvalue weighted by Crippen LogP contribution is 2.15. The molecule has 3 heteroatoms. The Balaban J connectivity index is 1.91. The van der Waals surface area contributed by atoms with Crippen molar-refractivity contribution in [2.24, 2.45) is 5.92 Å². The summed E-state index contributed by atoms with van der Waals surface area (Å²) in [4.78, 5) is 5.05. The van der Waals surface area contributed by atoms with Crippen molar-refractivity contribution in [3.63, 3.8) is 0 Å². The second-order valence-corrected chi connectivity index (χ2v) is 3.41. The first-order chi connectivity index (χ1) is 5.93. The van der Waals surface area contributed by atoms with Crippen molar-refractivity contribution in [2.45, 2.75) is 25.7 Å². The third-order valence-electron chi connectivity index (χ3n) is 2.40. The molecule has 0 aromatic carbocycles. The van der Waals surface area contributed by atoms with E-state index in [1.54, 1.807) is 0 Å². The van der Waals surface area contributed by atoms with Crippen molar-refractivity contribution in [1.82, 2.24) is 10.8 Å². The molecule has 72 valence electrons. The monoisotopic (exact) mass is 172 g/mol. The lowest BCUT2D eigenvalue weighted by Gasteiger charge is -2.22. The second kappa shape index (κ2) is 6.40. The van der Waals surface area contributed by atoms with Gasteiger partial charge in [0.2, 0.25) is 0 Å². The normalized spacial score (nSPS) is 24.2. The van der Waals surface area contributed by atoms with Crippen molar-refractivity contribution < 1.29 is 4.84 Å². The summed E-state index contributed by atoms with van der Waals surface area (Å²) in [5, 5.41) is 3.42. The quantitative estimate of drug-likeness (QED) is 0.478. The van der Waals surface area contributed by atoms with E-state index >= 15 is 0 Å². The minimum Gasteiger partial charge on any atom is -0.316 e. The van der Waals surface area contributed by atoms with Crippen molar-refractivity contribution in [3.8, 4) is 0 Å². The van der Waals surface area contributed by atoms with Gasteiger partial charge in [0.25, 0.3) is 0 Å². The molecule has 1 rings (SSSR count). The zero-order valence-electron chi connectivity index (χ0n) is 7.94. The summed E-state index contributed by atoms with van der Waals surface area (Å²) in [5.74, 6) is 0.888. The molecule has 0 saturated carbocycles. The number of hydroxylamine groups is 1. The van der Waals surface area contributed by atoms with Gasteiger partial charge in [0.05, 0.1) is 6.61 Å². The summed E-state index contributed by atoms with van der Waals surface area (Å²) in [6, 6.07) is 0.